The van der Waals surface area contributed by atoms with Crippen molar-refractivity contribution in [2.45, 2.75) is 95.9 Å². The van der Waals surface area contributed by atoms with Crippen LogP contribution >= 0.6 is 0 Å². The minimum absolute atomic E-state index is 0.109. The van der Waals surface area contributed by atoms with E-state index in [0.717, 1.165) is 6.42 Å². The molecule has 0 amide bonds. The molecule has 0 aromatic heterocycles. The average Bonchev–Trinajstić information content (AvgIpc) is 3.10. The van der Waals surface area contributed by atoms with Crippen LogP contribution in [0.4, 0.5) is 0 Å². The van der Waals surface area contributed by atoms with E-state index in [1.807, 2.05) is 0 Å². The summed E-state index contributed by atoms with van der Waals surface area (Å²) >= 11 is 0. The van der Waals surface area contributed by atoms with Gasteiger partial charge in [-0.2, -0.15) is 0 Å². The summed E-state index contributed by atoms with van der Waals surface area (Å²) in [6.45, 7) is 33.1. The van der Waals surface area contributed by atoms with Gasteiger partial charge in [0.05, 0.1) is 0 Å². The largest absolute Gasteiger partial charge is 0.0909 e. The lowest BCUT2D eigenvalue weighted by Gasteiger charge is -2.32. The molecule has 0 heterocycles. The highest BCUT2D eigenvalue weighted by Gasteiger charge is 2.67. The molecular weight excluding hydrogens is 360 g/mol. The first-order chi connectivity index (χ1) is 13.4. The van der Waals surface area contributed by atoms with E-state index in [0.29, 0.717) is 5.92 Å². The van der Waals surface area contributed by atoms with Crippen LogP contribution in [-0.2, 0) is 0 Å². The molecule has 0 bridgehead atoms. The lowest BCUT2D eigenvalue weighted by molar-refractivity contribution is 0.247. The van der Waals surface area contributed by atoms with Crippen LogP contribution < -0.4 is 0 Å². The van der Waals surface area contributed by atoms with E-state index in [1.165, 1.54) is 28.7 Å². The predicted octanol–water partition coefficient (Wildman–Crippen LogP) is 9.23. The maximum Gasteiger partial charge on any atom is 0.00737 e. The van der Waals surface area contributed by atoms with Crippen molar-refractivity contribution in [3.8, 4) is 0 Å². The highest BCUT2D eigenvalue weighted by atomic mass is 14.7. The number of hydrogen-bond acceptors (Lipinski definition) is 0. The van der Waals surface area contributed by atoms with Crippen molar-refractivity contribution >= 4 is 0 Å². The van der Waals surface area contributed by atoms with E-state index in [9.17, 15) is 0 Å². The second-order valence-electron chi connectivity index (χ2n) is 13.8. The second kappa shape index (κ2) is 6.60. The molecule has 1 saturated carbocycles. The van der Waals surface area contributed by atoms with Gasteiger partial charge in [0, 0.05) is 5.41 Å². The van der Waals surface area contributed by atoms with Crippen LogP contribution in [0, 0.1) is 33.0 Å². The first kappa shape index (κ1) is 23.4. The molecule has 3 aliphatic carbocycles. The molecule has 0 nitrogen and oxygen atoms in total. The van der Waals surface area contributed by atoms with Gasteiger partial charge in [0.1, 0.15) is 0 Å². The number of allylic oxidation sites excluding steroid dienone is 9. The fourth-order valence-electron chi connectivity index (χ4n) is 5.88. The molecular formula is C30H46. The van der Waals surface area contributed by atoms with Gasteiger partial charge in [-0.1, -0.05) is 113 Å². The molecule has 0 aliphatic heterocycles. The van der Waals surface area contributed by atoms with E-state index >= 15 is 0 Å². The molecule has 30 heavy (non-hydrogen) atoms. The van der Waals surface area contributed by atoms with Gasteiger partial charge in [-0.25, -0.2) is 0 Å². The molecule has 2 unspecified atom stereocenters. The van der Waals surface area contributed by atoms with Crippen molar-refractivity contribution in [1.29, 1.82) is 0 Å². The highest BCUT2D eigenvalue weighted by molar-refractivity contribution is 5.68. The monoisotopic (exact) mass is 406 g/mol. The second-order valence-corrected chi connectivity index (χ2v) is 13.8. The molecule has 2 atom stereocenters. The van der Waals surface area contributed by atoms with E-state index in [-0.39, 0.29) is 27.1 Å². The standard InChI is InChI=1S/C30H46/c1-14-29(12,13)23-17-22(26(3,4)5)19(2)21(23)15-20-16-24(27(6,7)8)25-18-30(20,25)28(9,10)11/h15-17,25H,2,14,18H2,1,3-13H3/b20-15+. The Kier molecular flexibility index (Phi) is 5.14. The summed E-state index contributed by atoms with van der Waals surface area (Å²) in [5.41, 5.74) is 9.74. The fraction of sp³-hybridized carbons (Fsp3) is 0.667. The van der Waals surface area contributed by atoms with Crippen LogP contribution in [0.15, 0.2) is 58.2 Å². The Bertz CT molecular complexity index is 887. The lowest BCUT2D eigenvalue weighted by atomic mass is 9.71. The molecule has 0 N–H and O–H groups in total. The minimum Gasteiger partial charge on any atom is -0.0909 e. The van der Waals surface area contributed by atoms with Crippen LogP contribution in [-0.4, -0.2) is 0 Å². The first-order valence-corrected chi connectivity index (χ1v) is 12.0. The summed E-state index contributed by atoms with van der Waals surface area (Å²) < 4.78 is 0. The van der Waals surface area contributed by atoms with Crippen molar-refractivity contribution in [3.05, 3.63) is 58.2 Å². The van der Waals surface area contributed by atoms with Crippen LogP contribution in [0.1, 0.15) is 95.9 Å². The molecule has 0 aromatic carbocycles. The number of rotatable bonds is 3. The molecule has 0 aromatic rings. The lowest BCUT2D eigenvalue weighted by Crippen LogP contribution is -2.24. The Labute approximate surface area is 187 Å². The SMILES string of the molecule is C=C1C(C(C)(C)C)=CC(C(C)(C)CC)=C1/C=C1\C=C(C(C)(C)C)C2CC12C(C)(C)C. The van der Waals surface area contributed by atoms with Gasteiger partial charge in [0.25, 0.3) is 0 Å². The van der Waals surface area contributed by atoms with Gasteiger partial charge in [-0.3, -0.25) is 0 Å². The first-order valence-electron chi connectivity index (χ1n) is 12.0. The van der Waals surface area contributed by atoms with E-state index in [2.05, 4.69) is 108 Å². The van der Waals surface area contributed by atoms with Crippen LogP contribution in [0.2, 0.25) is 0 Å². The predicted molar refractivity (Wildman–Crippen MR) is 133 cm³/mol. The van der Waals surface area contributed by atoms with Gasteiger partial charge in [0.15, 0.2) is 0 Å². The fourth-order valence-corrected chi connectivity index (χ4v) is 5.88. The molecule has 3 aliphatic rings. The topological polar surface area (TPSA) is 0 Å². The third kappa shape index (κ3) is 3.43. The van der Waals surface area contributed by atoms with Crippen molar-refractivity contribution in [2.24, 2.45) is 33.0 Å². The Balaban J connectivity index is 2.21. The van der Waals surface area contributed by atoms with Crippen molar-refractivity contribution in [1.82, 2.24) is 0 Å². The average molecular weight is 407 g/mol. The van der Waals surface area contributed by atoms with E-state index in [1.54, 1.807) is 11.1 Å². The summed E-state index contributed by atoms with van der Waals surface area (Å²) in [4.78, 5) is 0. The Hall–Kier alpha value is -1.30. The third-order valence-electron chi connectivity index (χ3n) is 8.32. The summed E-state index contributed by atoms with van der Waals surface area (Å²) in [5, 5.41) is 0. The zero-order valence-corrected chi connectivity index (χ0v) is 21.9. The molecule has 3 rings (SSSR count). The minimum atomic E-state index is 0.109. The highest BCUT2D eigenvalue weighted by Crippen LogP contribution is 2.75. The van der Waals surface area contributed by atoms with Gasteiger partial charge in [-0.05, 0) is 68.3 Å². The molecule has 0 heteroatoms. The van der Waals surface area contributed by atoms with Crippen LogP contribution in [0.25, 0.3) is 0 Å². The molecule has 0 radical (unpaired) electrons. The smallest absolute Gasteiger partial charge is 0.00737 e. The summed E-state index contributed by atoms with van der Waals surface area (Å²) in [5.74, 6) is 0.705. The Morgan fingerprint density at radius 2 is 1.50 bits per heavy atom. The van der Waals surface area contributed by atoms with E-state index < -0.39 is 0 Å². The Morgan fingerprint density at radius 1 is 0.933 bits per heavy atom. The maximum absolute atomic E-state index is 4.62. The van der Waals surface area contributed by atoms with Gasteiger partial charge < -0.3 is 0 Å². The van der Waals surface area contributed by atoms with Crippen molar-refractivity contribution < 1.29 is 0 Å². The van der Waals surface area contributed by atoms with E-state index in [4.69, 9.17) is 0 Å². The van der Waals surface area contributed by atoms with Crippen LogP contribution in [0.5, 0.6) is 0 Å². The molecule has 1 fully saturated rings. The molecule has 0 spiro atoms. The van der Waals surface area contributed by atoms with Crippen LogP contribution in [0.3, 0.4) is 0 Å². The summed E-state index contributed by atoms with van der Waals surface area (Å²) in [6.07, 6.45) is 10.0. The van der Waals surface area contributed by atoms with Gasteiger partial charge >= 0.3 is 0 Å². The zero-order valence-electron chi connectivity index (χ0n) is 21.9. The number of hydrogen-bond donors (Lipinski definition) is 0. The number of fused-ring (bicyclic) bond motifs is 1. The summed E-state index contributed by atoms with van der Waals surface area (Å²) in [7, 11) is 0. The maximum atomic E-state index is 4.62. The van der Waals surface area contributed by atoms with Crippen molar-refractivity contribution in [2.75, 3.05) is 0 Å². The molecule has 0 saturated heterocycles. The molecule has 166 valence electrons. The third-order valence-corrected chi connectivity index (χ3v) is 8.32. The van der Waals surface area contributed by atoms with Crippen molar-refractivity contribution in [3.63, 3.8) is 0 Å². The quantitative estimate of drug-likeness (QED) is 0.438. The summed E-state index contributed by atoms with van der Waals surface area (Å²) in [6, 6.07) is 0. The normalized spacial score (nSPS) is 28.9. The Morgan fingerprint density at radius 3 is 1.93 bits per heavy atom. The van der Waals surface area contributed by atoms with Gasteiger partial charge in [0.2, 0.25) is 0 Å². The zero-order chi connectivity index (χ0) is 23.1. The van der Waals surface area contributed by atoms with Gasteiger partial charge in [-0.15, -0.1) is 0 Å².